The molecule has 1 atom stereocenters. The average molecular weight is 415 g/mol. The third kappa shape index (κ3) is 5.05. The van der Waals surface area contributed by atoms with E-state index < -0.39 is 28.9 Å². The van der Waals surface area contributed by atoms with Gasteiger partial charge in [-0.2, -0.15) is 5.10 Å². The van der Waals surface area contributed by atoms with E-state index in [-0.39, 0.29) is 17.2 Å². The minimum Gasteiger partial charge on any atom is -0.481 e. The minimum absolute atomic E-state index is 0.225. The van der Waals surface area contributed by atoms with Gasteiger partial charge in [0.2, 0.25) is 5.91 Å². The smallest absolute Gasteiger partial charge is 0.338 e. The number of nitrogens with one attached hydrogen (secondary N) is 1. The van der Waals surface area contributed by atoms with Crippen LogP contribution in [-0.4, -0.2) is 44.7 Å². The molecule has 0 radical (unpaired) electrons. The van der Waals surface area contributed by atoms with Crippen molar-refractivity contribution < 1.29 is 29.0 Å². The molecule has 1 aliphatic heterocycles. The van der Waals surface area contributed by atoms with Crippen LogP contribution in [0.4, 0.5) is 4.39 Å². The fourth-order valence-corrected chi connectivity index (χ4v) is 3.44. The zero-order valence-electron chi connectivity index (χ0n) is 14.7. The van der Waals surface area contributed by atoms with E-state index in [0.717, 1.165) is 17.8 Å². The van der Waals surface area contributed by atoms with Gasteiger partial charge in [0.25, 0.3) is 0 Å². The summed E-state index contributed by atoms with van der Waals surface area (Å²) in [5, 5.41) is 27.3. The van der Waals surface area contributed by atoms with Gasteiger partial charge in [0.15, 0.2) is 5.17 Å². The Balaban J connectivity index is 1.67. The molecule has 0 spiro atoms. The van der Waals surface area contributed by atoms with Crippen LogP contribution in [0, 0.1) is 5.82 Å². The number of carboxylic acid groups (broad SMARTS) is 2. The zero-order valence-corrected chi connectivity index (χ0v) is 15.5. The Morgan fingerprint density at radius 2 is 1.83 bits per heavy atom. The maximum atomic E-state index is 13.8. The van der Waals surface area contributed by atoms with Crippen LogP contribution in [0.15, 0.2) is 52.7 Å². The van der Waals surface area contributed by atoms with E-state index in [1.54, 1.807) is 24.3 Å². The Morgan fingerprint density at radius 1 is 1.14 bits per heavy atom. The van der Waals surface area contributed by atoms with Crippen molar-refractivity contribution in [1.29, 1.82) is 0 Å². The van der Waals surface area contributed by atoms with E-state index in [1.807, 2.05) is 0 Å². The molecule has 0 saturated carbocycles. The maximum Gasteiger partial charge on any atom is 0.338 e. The van der Waals surface area contributed by atoms with Crippen molar-refractivity contribution in [2.75, 3.05) is 0 Å². The Bertz CT molecular complexity index is 1040. The number of carboxylic acids is 2. The van der Waals surface area contributed by atoms with Gasteiger partial charge in [-0.3, -0.25) is 9.59 Å². The molecule has 29 heavy (non-hydrogen) atoms. The first-order chi connectivity index (χ1) is 13.8. The number of rotatable bonds is 6. The Labute approximate surface area is 168 Å². The molecule has 2 aromatic rings. The van der Waals surface area contributed by atoms with Crippen LogP contribution in [0.25, 0.3) is 11.1 Å². The topological polar surface area (TPSA) is 128 Å². The minimum atomic E-state index is -1.33. The highest BCUT2D eigenvalue weighted by molar-refractivity contribution is 8.15. The number of benzene rings is 2. The monoisotopic (exact) mass is 415 g/mol. The highest BCUT2D eigenvalue weighted by atomic mass is 32.2. The molecule has 1 fully saturated rings. The van der Waals surface area contributed by atoms with Crippen molar-refractivity contribution in [3.05, 3.63) is 59.4 Å². The number of aromatic carboxylic acids is 1. The summed E-state index contributed by atoms with van der Waals surface area (Å²) in [5.41, 5.74) is 1.53. The first-order valence-electron chi connectivity index (χ1n) is 8.27. The van der Waals surface area contributed by atoms with Gasteiger partial charge in [0.05, 0.1) is 18.2 Å². The van der Waals surface area contributed by atoms with Crippen molar-refractivity contribution in [1.82, 2.24) is 5.32 Å². The van der Waals surface area contributed by atoms with E-state index in [0.29, 0.717) is 16.7 Å². The third-order valence-corrected chi connectivity index (χ3v) is 5.01. The Hall–Kier alpha value is -3.53. The van der Waals surface area contributed by atoms with Crippen molar-refractivity contribution in [3.63, 3.8) is 0 Å². The second-order valence-electron chi connectivity index (χ2n) is 5.97. The van der Waals surface area contributed by atoms with E-state index >= 15 is 0 Å². The van der Waals surface area contributed by atoms with Gasteiger partial charge in [-0.25, -0.2) is 9.18 Å². The van der Waals surface area contributed by atoms with Crippen molar-refractivity contribution in [3.8, 4) is 11.1 Å². The lowest BCUT2D eigenvalue weighted by molar-refractivity contribution is -0.138. The Kier molecular flexibility index (Phi) is 6.03. The summed E-state index contributed by atoms with van der Waals surface area (Å²) in [5.74, 6) is -3.63. The van der Waals surface area contributed by atoms with Gasteiger partial charge in [-0.1, -0.05) is 42.1 Å². The normalized spacial score (nSPS) is 17.6. The number of hydrogen-bond acceptors (Lipinski definition) is 6. The molecular formula is C19H14FN3O5S. The number of amides is 1. The summed E-state index contributed by atoms with van der Waals surface area (Å²) in [6.07, 6.45) is 1.15. The molecule has 2 aromatic carbocycles. The fourth-order valence-electron chi connectivity index (χ4n) is 2.52. The van der Waals surface area contributed by atoms with Crippen LogP contribution in [0.2, 0.25) is 0 Å². The van der Waals surface area contributed by atoms with Crippen LogP contribution in [-0.2, 0) is 9.59 Å². The molecule has 3 N–H and O–H groups in total. The largest absolute Gasteiger partial charge is 0.481 e. The van der Waals surface area contributed by atoms with Crippen LogP contribution < -0.4 is 5.32 Å². The van der Waals surface area contributed by atoms with E-state index in [1.165, 1.54) is 18.3 Å². The standard InChI is InChI=1S/C19H14FN3O5S/c20-14-7-12(5-6-13(14)18(27)28)11-3-1-10(2-4-11)9-21-23-19-22-17(26)15(29-19)8-16(24)25/h1-7,9,15H,8H2,(H,24,25)(H,27,28)(H,22,23,26). The number of carbonyl (C=O) groups excluding carboxylic acids is 1. The molecule has 0 aromatic heterocycles. The van der Waals surface area contributed by atoms with Crippen LogP contribution in [0.5, 0.6) is 0 Å². The number of hydrogen-bond donors (Lipinski definition) is 3. The van der Waals surface area contributed by atoms with Gasteiger partial charge in [-0.05, 0) is 28.8 Å². The number of amidine groups is 1. The zero-order chi connectivity index (χ0) is 21.0. The van der Waals surface area contributed by atoms with Crippen LogP contribution >= 0.6 is 11.8 Å². The SMILES string of the molecule is O=C(O)CC1SC(=NN=Cc2ccc(-c3ccc(C(=O)O)c(F)c3)cc2)NC1=O. The number of thioether (sulfide) groups is 1. The molecule has 8 nitrogen and oxygen atoms in total. The second kappa shape index (κ2) is 8.65. The first-order valence-corrected chi connectivity index (χ1v) is 9.15. The number of nitrogens with zero attached hydrogens (tertiary/aromatic N) is 2. The Morgan fingerprint density at radius 3 is 2.45 bits per heavy atom. The summed E-state index contributed by atoms with van der Waals surface area (Å²) in [7, 11) is 0. The first kappa shape index (κ1) is 20.2. The third-order valence-electron chi connectivity index (χ3n) is 3.94. The average Bonchev–Trinajstić information content (AvgIpc) is 3.00. The van der Waals surface area contributed by atoms with Crippen molar-refractivity contribution >= 4 is 41.0 Å². The lowest BCUT2D eigenvalue weighted by Crippen LogP contribution is -2.26. The number of carbonyl (C=O) groups is 3. The molecule has 3 rings (SSSR count). The summed E-state index contributed by atoms with van der Waals surface area (Å²) in [4.78, 5) is 33.2. The lowest BCUT2D eigenvalue weighted by atomic mass is 10.0. The van der Waals surface area contributed by atoms with E-state index in [9.17, 15) is 18.8 Å². The molecule has 0 aliphatic carbocycles. The highest BCUT2D eigenvalue weighted by Crippen LogP contribution is 2.23. The number of aliphatic carboxylic acids is 1. The summed E-state index contributed by atoms with van der Waals surface area (Å²) >= 11 is 1.00. The molecule has 1 saturated heterocycles. The molecule has 1 heterocycles. The fraction of sp³-hybridized carbons (Fsp3) is 0.105. The van der Waals surface area contributed by atoms with Gasteiger partial charge in [0.1, 0.15) is 11.1 Å². The van der Waals surface area contributed by atoms with Crippen molar-refractivity contribution in [2.24, 2.45) is 10.2 Å². The summed E-state index contributed by atoms with van der Waals surface area (Å²) in [6, 6.07) is 10.8. The second-order valence-corrected chi connectivity index (χ2v) is 7.16. The van der Waals surface area contributed by atoms with Crippen LogP contribution in [0.3, 0.4) is 0 Å². The van der Waals surface area contributed by atoms with Gasteiger partial charge >= 0.3 is 11.9 Å². The molecular weight excluding hydrogens is 401 g/mol. The predicted molar refractivity (Wildman–Crippen MR) is 106 cm³/mol. The molecule has 1 amide bonds. The quantitative estimate of drug-likeness (QED) is 0.491. The maximum absolute atomic E-state index is 13.8. The summed E-state index contributed by atoms with van der Waals surface area (Å²) < 4.78 is 13.8. The molecule has 1 aliphatic rings. The van der Waals surface area contributed by atoms with Crippen molar-refractivity contribution in [2.45, 2.75) is 11.7 Å². The lowest BCUT2D eigenvalue weighted by Gasteiger charge is -2.04. The van der Waals surface area contributed by atoms with Gasteiger partial charge < -0.3 is 15.5 Å². The van der Waals surface area contributed by atoms with E-state index in [2.05, 4.69) is 15.5 Å². The molecule has 0 bridgehead atoms. The predicted octanol–water partition coefficient (Wildman–Crippen LogP) is 2.59. The highest BCUT2D eigenvalue weighted by Gasteiger charge is 2.32. The number of halogens is 1. The van der Waals surface area contributed by atoms with E-state index in [4.69, 9.17) is 10.2 Å². The van der Waals surface area contributed by atoms with Gasteiger partial charge in [-0.15, -0.1) is 5.10 Å². The van der Waals surface area contributed by atoms with Crippen LogP contribution in [0.1, 0.15) is 22.3 Å². The molecule has 10 heteroatoms. The summed E-state index contributed by atoms with van der Waals surface area (Å²) in [6.45, 7) is 0. The molecule has 1 unspecified atom stereocenters. The molecule has 148 valence electrons. The van der Waals surface area contributed by atoms with Gasteiger partial charge in [0, 0.05) is 0 Å².